The molecule has 0 fully saturated rings. The summed E-state index contributed by atoms with van der Waals surface area (Å²) in [5.74, 6) is 0.884. The van der Waals surface area contributed by atoms with E-state index in [1.54, 1.807) is 6.07 Å². The number of phenolic OH excluding ortho intramolecular Hbond substituents is 1. The Morgan fingerprint density at radius 3 is 2.32 bits per heavy atom. The van der Waals surface area contributed by atoms with Crippen molar-refractivity contribution < 1.29 is 5.11 Å². The highest BCUT2D eigenvalue weighted by atomic mass is 16.3. The summed E-state index contributed by atoms with van der Waals surface area (Å²) in [6.07, 6.45) is 2.03. The minimum atomic E-state index is 0.348. The molecule has 2 heteroatoms. The Kier molecular flexibility index (Phi) is 4.99. The zero-order chi connectivity index (χ0) is 13.5. The lowest BCUT2D eigenvalue weighted by Gasteiger charge is -2.17. The molecule has 19 heavy (non-hydrogen) atoms. The van der Waals surface area contributed by atoms with E-state index >= 15 is 0 Å². The quantitative estimate of drug-likeness (QED) is 0.831. The maximum absolute atomic E-state index is 9.53. The fourth-order valence-corrected chi connectivity index (χ4v) is 2.47. The third-order valence-corrected chi connectivity index (χ3v) is 3.29. The van der Waals surface area contributed by atoms with Gasteiger partial charge in [-0.2, -0.15) is 0 Å². The van der Waals surface area contributed by atoms with Gasteiger partial charge in [0.15, 0.2) is 0 Å². The van der Waals surface area contributed by atoms with Crippen LogP contribution in [0.25, 0.3) is 0 Å². The van der Waals surface area contributed by atoms with Crippen LogP contribution in [-0.4, -0.2) is 18.7 Å². The number of benzene rings is 2. The van der Waals surface area contributed by atoms with E-state index in [-0.39, 0.29) is 0 Å². The summed E-state index contributed by atoms with van der Waals surface area (Å²) in [5.41, 5.74) is 2.55. The van der Waals surface area contributed by atoms with E-state index in [9.17, 15) is 5.11 Å². The van der Waals surface area contributed by atoms with Gasteiger partial charge in [0.25, 0.3) is 0 Å². The van der Waals surface area contributed by atoms with Gasteiger partial charge in [-0.05, 0) is 55.6 Å². The van der Waals surface area contributed by atoms with Gasteiger partial charge >= 0.3 is 0 Å². The first-order valence-electron chi connectivity index (χ1n) is 6.74. The van der Waals surface area contributed by atoms with Gasteiger partial charge in [0.1, 0.15) is 5.75 Å². The molecule has 0 bridgehead atoms. The highest BCUT2D eigenvalue weighted by Crippen LogP contribution is 2.17. The lowest BCUT2D eigenvalue weighted by Crippen LogP contribution is -2.22. The Labute approximate surface area is 115 Å². The molecule has 0 aromatic heterocycles. The van der Waals surface area contributed by atoms with Gasteiger partial charge in [-0.15, -0.1) is 0 Å². The van der Waals surface area contributed by atoms with Gasteiger partial charge < -0.3 is 10.4 Å². The highest BCUT2D eigenvalue weighted by molar-refractivity contribution is 5.27. The minimum absolute atomic E-state index is 0.348. The summed E-state index contributed by atoms with van der Waals surface area (Å²) >= 11 is 0. The first-order chi connectivity index (χ1) is 9.28. The van der Waals surface area contributed by atoms with Crippen molar-refractivity contribution in [2.45, 2.75) is 12.8 Å². The van der Waals surface area contributed by atoms with Crippen molar-refractivity contribution >= 4 is 0 Å². The van der Waals surface area contributed by atoms with Crippen LogP contribution in [0.2, 0.25) is 0 Å². The van der Waals surface area contributed by atoms with Crippen molar-refractivity contribution in [2.75, 3.05) is 13.6 Å². The van der Waals surface area contributed by atoms with Crippen LogP contribution in [0.4, 0.5) is 0 Å². The summed E-state index contributed by atoms with van der Waals surface area (Å²) in [4.78, 5) is 0. The molecule has 2 rings (SSSR count). The summed E-state index contributed by atoms with van der Waals surface area (Å²) in [6, 6.07) is 18.1. The van der Waals surface area contributed by atoms with Crippen LogP contribution in [0.5, 0.6) is 5.75 Å². The summed E-state index contributed by atoms with van der Waals surface area (Å²) in [6.45, 7) is 0.977. The van der Waals surface area contributed by atoms with Gasteiger partial charge in [0.2, 0.25) is 0 Å². The van der Waals surface area contributed by atoms with E-state index in [2.05, 4.69) is 35.6 Å². The lowest BCUT2D eigenvalue weighted by atomic mass is 9.92. The second-order valence-electron chi connectivity index (χ2n) is 4.99. The number of aromatic hydroxyl groups is 1. The summed E-state index contributed by atoms with van der Waals surface area (Å²) in [7, 11) is 1.99. The average Bonchev–Trinajstić information content (AvgIpc) is 2.40. The van der Waals surface area contributed by atoms with Crippen LogP contribution in [0, 0.1) is 5.92 Å². The summed E-state index contributed by atoms with van der Waals surface area (Å²) < 4.78 is 0. The molecule has 2 aromatic rings. The zero-order valence-corrected chi connectivity index (χ0v) is 11.3. The van der Waals surface area contributed by atoms with Crippen molar-refractivity contribution in [3.8, 4) is 5.75 Å². The van der Waals surface area contributed by atoms with Crippen LogP contribution in [0.1, 0.15) is 11.1 Å². The molecular formula is C17H21NO. The van der Waals surface area contributed by atoms with E-state index < -0.39 is 0 Å². The maximum Gasteiger partial charge on any atom is 0.115 e. The molecule has 100 valence electrons. The molecule has 0 amide bonds. The van der Waals surface area contributed by atoms with E-state index in [4.69, 9.17) is 0 Å². The molecule has 0 aliphatic rings. The largest absolute Gasteiger partial charge is 0.508 e. The van der Waals surface area contributed by atoms with Crippen molar-refractivity contribution in [1.82, 2.24) is 5.32 Å². The molecule has 0 aliphatic carbocycles. The molecule has 1 unspecified atom stereocenters. The first-order valence-corrected chi connectivity index (χ1v) is 6.74. The number of hydrogen-bond acceptors (Lipinski definition) is 2. The normalized spacial score (nSPS) is 12.3. The molecule has 2 aromatic carbocycles. The van der Waals surface area contributed by atoms with Crippen LogP contribution in [0.15, 0.2) is 54.6 Å². The van der Waals surface area contributed by atoms with Crippen molar-refractivity contribution in [1.29, 1.82) is 0 Å². The second-order valence-corrected chi connectivity index (χ2v) is 4.99. The van der Waals surface area contributed by atoms with Gasteiger partial charge in [0.05, 0.1) is 0 Å². The average molecular weight is 255 g/mol. The van der Waals surface area contributed by atoms with Crippen LogP contribution < -0.4 is 5.32 Å². The Bertz CT molecular complexity index is 496. The van der Waals surface area contributed by atoms with Crippen LogP contribution >= 0.6 is 0 Å². The molecule has 2 nitrogen and oxygen atoms in total. The Hall–Kier alpha value is -1.80. The third-order valence-electron chi connectivity index (χ3n) is 3.29. The molecule has 0 heterocycles. The fraction of sp³-hybridized carbons (Fsp3) is 0.294. The Morgan fingerprint density at radius 2 is 1.63 bits per heavy atom. The predicted molar refractivity (Wildman–Crippen MR) is 79.4 cm³/mol. The predicted octanol–water partition coefficient (Wildman–Crippen LogP) is 3.01. The van der Waals surface area contributed by atoms with Crippen LogP contribution in [-0.2, 0) is 12.8 Å². The van der Waals surface area contributed by atoms with Gasteiger partial charge in [0, 0.05) is 0 Å². The number of hydrogen-bond donors (Lipinski definition) is 2. The maximum atomic E-state index is 9.53. The van der Waals surface area contributed by atoms with E-state index in [0.29, 0.717) is 11.7 Å². The van der Waals surface area contributed by atoms with Crippen molar-refractivity contribution in [2.24, 2.45) is 5.92 Å². The zero-order valence-electron chi connectivity index (χ0n) is 11.3. The minimum Gasteiger partial charge on any atom is -0.508 e. The highest BCUT2D eigenvalue weighted by Gasteiger charge is 2.10. The standard InChI is InChI=1S/C17H21NO/c1-18-13-16(10-14-6-3-2-4-7-14)11-15-8-5-9-17(19)12-15/h2-9,12,16,18-19H,10-11,13H2,1H3. The first kappa shape index (κ1) is 13.6. The number of phenols is 1. The van der Waals surface area contributed by atoms with Crippen molar-refractivity contribution in [3.05, 3.63) is 65.7 Å². The van der Waals surface area contributed by atoms with E-state index in [1.807, 2.05) is 25.2 Å². The van der Waals surface area contributed by atoms with Gasteiger partial charge in [-0.25, -0.2) is 0 Å². The number of nitrogens with one attached hydrogen (secondary N) is 1. The molecule has 0 saturated heterocycles. The van der Waals surface area contributed by atoms with E-state index in [0.717, 1.165) is 19.4 Å². The smallest absolute Gasteiger partial charge is 0.115 e. The van der Waals surface area contributed by atoms with Crippen molar-refractivity contribution in [3.63, 3.8) is 0 Å². The summed E-state index contributed by atoms with van der Waals surface area (Å²) in [5, 5.41) is 12.8. The topological polar surface area (TPSA) is 32.3 Å². The van der Waals surface area contributed by atoms with Gasteiger partial charge in [-0.3, -0.25) is 0 Å². The third kappa shape index (κ3) is 4.42. The Balaban J connectivity index is 2.04. The Morgan fingerprint density at radius 1 is 0.947 bits per heavy atom. The molecule has 1 atom stereocenters. The molecule has 0 spiro atoms. The molecule has 2 N–H and O–H groups in total. The van der Waals surface area contributed by atoms with E-state index in [1.165, 1.54) is 11.1 Å². The SMILES string of the molecule is CNCC(Cc1ccccc1)Cc1cccc(O)c1. The second kappa shape index (κ2) is 6.95. The van der Waals surface area contributed by atoms with Crippen LogP contribution in [0.3, 0.4) is 0 Å². The fourth-order valence-electron chi connectivity index (χ4n) is 2.47. The lowest BCUT2D eigenvalue weighted by molar-refractivity contribution is 0.469. The monoisotopic (exact) mass is 255 g/mol. The molecular weight excluding hydrogens is 234 g/mol. The molecule has 0 radical (unpaired) electrons. The number of rotatable bonds is 6. The molecule has 0 saturated carbocycles. The molecule has 0 aliphatic heterocycles. The van der Waals surface area contributed by atoms with Gasteiger partial charge in [-0.1, -0.05) is 42.5 Å².